The third-order valence-electron chi connectivity index (χ3n) is 2.76. The van der Waals surface area contributed by atoms with Gasteiger partial charge in [-0.05, 0) is 19.1 Å². The first-order valence-electron chi connectivity index (χ1n) is 6.05. The Hall–Kier alpha value is -2.57. The molecule has 0 bridgehead atoms. The molecule has 7 nitrogen and oxygen atoms in total. The molecule has 106 valence electrons. The predicted octanol–water partition coefficient (Wildman–Crippen LogP) is 0.828. The maximum Gasteiger partial charge on any atom is 0.344 e. The Kier molecular flexibility index (Phi) is 4.19. The summed E-state index contributed by atoms with van der Waals surface area (Å²) in [5, 5.41) is 7.77. The number of ether oxygens (including phenoxy) is 2. The number of nitrogens with zero attached hydrogens (tertiary/aromatic N) is 3. The van der Waals surface area contributed by atoms with Crippen LogP contribution >= 0.6 is 0 Å². The van der Waals surface area contributed by atoms with Gasteiger partial charge < -0.3 is 19.8 Å². The third kappa shape index (κ3) is 3.47. The van der Waals surface area contributed by atoms with Crippen molar-refractivity contribution < 1.29 is 14.3 Å². The molecule has 1 heterocycles. The molecule has 2 rings (SSSR count). The van der Waals surface area contributed by atoms with E-state index in [1.807, 2.05) is 14.0 Å². The van der Waals surface area contributed by atoms with Crippen molar-refractivity contribution in [1.29, 1.82) is 0 Å². The molecular formula is C13H16N4O3. The largest absolute Gasteiger partial charge is 0.482 e. The molecule has 0 saturated carbocycles. The molecule has 0 radical (unpaired) electrons. The number of carbonyl (C=O) groups excluding carboxylic acids is 1. The maximum atomic E-state index is 11.6. The molecule has 0 aliphatic heterocycles. The summed E-state index contributed by atoms with van der Waals surface area (Å²) in [5.41, 5.74) is 6.18. The molecule has 20 heavy (non-hydrogen) atoms. The highest BCUT2D eigenvalue weighted by atomic mass is 16.6. The zero-order valence-corrected chi connectivity index (χ0v) is 11.4. The highest BCUT2D eigenvalue weighted by molar-refractivity contribution is 5.71. The summed E-state index contributed by atoms with van der Waals surface area (Å²) in [6.45, 7) is 1.71. The Balaban J connectivity index is 1.80. The summed E-state index contributed by atoms with van der Waals surface area (Å²) in [6, 6.07) is 6.84. The minimum Gasteiger partial charge on any atom is -0.482 e. The third-order valence-corrected chi connectivity index (χ3v) is 2.76. The van der Waals surface area contributed by atoms with Gasteiger partial charge in [-0.25, -0.2) is 4.79 Å². The summed E-state index contributed by atoms with van der Waals surface area (Å²) in [7, 11) is 1.81. The molecule has 0 atom stereocenters. The van der Waals surface area contributed by atoms with Gasteiger partial charge in [-0.2, -0.15) is 0 Å². The van der Waals surface area contributed by atoms with E-state index in [2.05, 4.69) is 10.2 Å². The van der Waals surface area contributed by atoms with Gasteiger partial charge in [-0.3, -0.25) is 0 Å². The first kappa shape index (κ1) is 13.9. The lowest BCUT2D eigenvalue weighted by Crippen LogP contribution is -2.16. The summed E-state index contributed by atoms with van der Waals surface area (Å²) >= 11 is 0. The second-order valence-electron chi connectivity index (χ2n) is 4.24. The summed E-state index contributed by atoms with van der Waals surface area (Å²) < 4.78 is 12.1. The van der Waals surface area contributed by atoms with Crippen molar-refractivity contribution in [2.45, 2.75) is 13.5 Å². The van der Waals surface area contributed by atoms with Gasteiger partial charge in [0.1, 0.15) is 11.6 Å². The Labute approximate surface area is 116 Å². The Morgan fingerprint density at radius 1 is 1.40 bits per heavy atom. The van der Waals surface area contributed by atoms with Gasteiger partial charge >= 0.3 is 5.97 Å². The van der Waals surface area contributed by atoms with E-state index in [4.69, 9.17) is 15.2 Å². The van der Waals surface area contributed by atoms with Gasteiger partial charge in [0.25, 0.3) is 0 Å². The van der Waals surface area contributed by atoms with Crippen LogP contribution in [-0.4, -0.2) is 27.3 Å². The van der Waals surface area contributed by atoms with E-state index in [0.717, 1.165) is 5.82 Å². The fourth-order valence-corrected chi connectivity index (χ4v) is 1.51. The minimum absolute atomic E-state index is 0.0659. The van der Waals surface area contributed by atoms with E-state index in [9.17, 15) is 4.79 Å². The van der Waals surface area contributed by atoms with Crippen molar-refractivity contribution in [3.8, 4) is 5.75 Å². The van der Waals surface area contributed by atoms with Crippen LogP contribution in [0.4, 0.5) is 5.69 Å². The fourth-order valence-electron chi connectivity index (χ4n) is 1.51. The van der Waals surface area contributed by atoms with Crippen LogP contribution in [-0.2, 0) is 23.2 Å². The number of rotatable bonds is 5. The summed E-state index contributed by atoms with van der Waals surface area (Å²) in [5.74, 6) is 1.39. The Morgan fingerprint density at radius 2 is 2.20 bits per heavy atom. The number of hydrogen-bond acceptors (Lipinski definition) is 6. The van der Waals surface area contributed by atoms with Gasteiger partial charge in [0, 0.05) is 18.8 Å². The second kappa shape index (κ2) is 6.05. The van der Waals surface area contributed by atoms with E-state index in [1.54, 1.807) is 28.8 Å². The summed E-state index contributed by atoms with van der Waals surface area (Å²) in [6.07, 6.45) is 0. The fraction of sp³-hybridized carbons (Fsp3) is 0.308. The first-order chi connectivity index (χ1) is 9.56. The minimum atomic E-state index is -0.479. The number of nitrogen functional groups attached to an aromatic ring is 1. The van der Waals surface area contributed by atoms with Crippen molar-refractivity contribution in [3.63, 3.8) is 0 Å². The van der Waals surface area contributed by atoms with Crippen molar-refractivity contribution >= 4 is 11.7 Å². The Bertz CT molecular complexity index is 609. The normalized spacial score (nSPS) is 10.3. The lowest BCUT2D eigenvalue weighted by molar-refractivity contribution is -0.147. The molecule has 2 aromatic rings. The SMILES string of the molecule is Cc1nnc(COC(=O)COc2cccc(N)c2)n1C. The van der Waals surface area contributed by atoms with Crippen LogP contribution in [0.15, 0.2) is 24.3 Å². The quantitative estimate of drug-likeness (QED) is 0.642. The van der Waals surface area contributed by atoms with E-state index in [1.165, 1.54) is 0 Å². The number of aryl methyl sites for hydroxylation is 1. The second-order valence-corrected chi connectivity index (χ2v) is 4.24. The topological polar surface area (TPSA) is 92.3 Å². The standard InChI is InChI=1S/C13H16N4O3/c1-9-15-16-12(17(9)2)7-20-13(18)8-19-11-5-3-4-10(14)6-11/h3-6H,7-8,14H2,1-2H3. The molecule has 0 aliphatic rings. The molecule has 0 spiro atoms. The van der Waals surface area contributed by atoms with Crippen molar-refractivity contribution in [1.82, 2.24) is 14.8 Å². The smallest absolute Gasteiger partial charge is 0.344 e. The number of anilines is 1. The van der Waals surface area contributed by atoms with Gasteiger partial charge in [-0.15, -0.1) is 10.2 Å². The molecule has 0 fully saturated rings. The molecule has 1 aromatic carbocycles. The van der Waals surface area contributed by atoms with E-state index in [-0.39, 0.29) is 13.2 Å². The predicted molar refractivity (Wildman–Crippen MR) is 71.9 cm³/mol. The van der Waals surface area contributed by atoms with Crippen molar-refractivity contribution in [2.75, 3.05) is 12.3 Å². The number of aromatic nitrogens is 3. The van der Waals surface area contributed by atoms with Gasteiger partial charge in [-0.1, -0.05) is 6.07 Å². The Morgan fingerprint density at radius 3 is 2.85 bits per heavy atom. The average molecular weight is 276 g/mol. The highest BCUT2D eigenvalue weighted by Crippen LogP contribution is 2.14. The molecule has 1 aromatic heterocycles. The average Bonchev–Trinajstić information content (AvgIpc) is 2.74. The lowest BCUT2D eigenvalue weighted by Gasteiger charge is -2.07. The van der Waals surface area contributed by atoms with Crippen LogP contribution in [0, 0.1) is 6.92 Å². The molecule has 0 saturated heterocycles. The number of benzene rings is 1. The van der Waals surface area contributed by atoms with Gasteiger partial charge in [0.15, 0.2) is 19.0 Å². The van der Waals surface area contributed by atoms with Gasteiger partial charge in [0.2, 0.25) is 0 Å². The number of nitrogens with two attached hydrogens (primary N) is 1. The number of carbonyl (C=O) groups is 1. The molecule has 2 N–H and O–H groups in total. The van der Waals surface area contributed by atoms with Crippen LogP contribution < -0.4 is 10.5 Å². The number of esters is 1. The molecule has 0 unspecified atom stereocenters. The number of hydrogen-bond donors (Lipinski definition) is 1. The van der Waals surface area contributed by atoms with Crippen LogP contribution in [0.3, 0.4) is 0 Å². The van der Waals surface area contributed by atoms with Gasteiger partial charge in [0.05, 0.1) is 0 Å². The first-order valence-corrected chi connectivity index (χ1v) is 6.05. The molecule has 0 aliphatic carbocycles. The van der Waals surface area contributed by atoms with Crippen LogP contribution in [0.5, 0.6) is 5.75 Å². The van der Waals surface area contributed by atoms with Crippen molar-refractivity contribution in [2.24, 2.45) is 7.05 Å². The zero-order chi connectivity index (χ0) is 14.5. The summed E-state index contributed by atoms with van der Waals surface area (Å²) in [4.78, 5) is 11.6. The van der Waals surface area contributed by atoms with Crippen LogP contribution in [0.1, 0.15) is 11.6 Å². The van der Waals surface area contributed by atoms with Crippen LogP contribution in [0.25, 0.3) is 0 Å². The maximum absolute atomic E-state index is 11.6. The molecule has 0 amide bonds. The lowest BCUT2D eigenvalue weighted by atomic mass is 10.3. The molecule has 7 heteroatoms. The van der Waals surface area contributed by atoms with Crippen LogP contribution in [0.2, 0.25) is 0 Å². The molecular weight excluding hydrogens is 260 g/mol. The zero-order valence-electron chi connectivity index (χ0n) is 11.4. The van der Waals surface area contributed by atoms with E-state index < -0.39 is 5.97 Å². The monoisotopic (exact) mass is 276 g/mol. The van der Waals surface area contributed by atoms with E-state index in [0.29, 0.717) is 17.3 Å². The van der Waals surface area contributed by atoms with Crippen molar-refractivity contribution in [3.05, 3.63) is 35.9 Å². The van der Waals surface area contributed by atoms with E-state index >= 15 is 0 Å². The highest BCUT2D eigenvalue weighted by Gasteiger charge is 2.09.